The van der Waals surface area contributed by atoms with E-state index in [0.29, 0.717) is 41.3 Å². The lowest BCUT2D eigenvalue weighted by atomic mass is 9.55. The maximum Gasteiger partial charge on any atom is 0.146 e. The van der Waals surface area contributed by atoms with Gasteiger partial charge in [-0.25, -0.2) is 0 Å². The molecule has 0 aromatic rings. The molecule has 2 unspecified atom stereocenters. The first kappa shape index (κ1) is 25.4. The van der Waals surface area contributed by atoms with Gasteiger partial charge in [0.05, 0.1) is 6.10 Å². The van der Waals surface area contributed by atoms with Gasteiger partial charge in [0.15, 0.2) is 0 Å². The Morgan fingerprint density at radius 3 is 2.39 bits per heavy atom. The Kier molecular flexibility index (Phi) is 6.76. The lowest BCUT2D eigenvalue weighted by Gasteiger charge is -2.48. The highest BCUT2D eigenvalue weighted by Crippen LogP contribution is 2.68. The molecule has 188 valence electrons. The molecule has 0 aromatic carbocycles. The Morgan fingerprint density at radius 2 is 1.76 bits per heavy atom. The highest BCUT2D eigenvalue weighted by molar-refractivity contribution is 5.91. The number of aliphatic hydroxyl groups is 2. The van der Waals surface area contributed by atoms with Crippen LogP contribution in [0.1, 0.15) is 99.8 Å². The van der Waals surface area contributed by atoms with Crippen molar-refractivity contribution in [3.8, 4) is 0 Å². The molecule has 4 aliphatic rings. The quantitative estimate of drug-likeness (QED) is 0.433. The lowest BCUT2D eigenvalue weighted by Crippen LogP contribution is -2.48. The van der Waals surface area contributed by atoms with Crippen LogP contribution in [0.25, 0.3) is 0 Å². The third-order valence-electron chi connectivity index (χ3n) is 11.9. The summed E-state index contributed by atoms with van der Waals surface area (Å²) in [7, 11) is 0. The van der Waals surface area contributed by atoms with Crippen LogP contribution >= 0.6 is 0 Å². The van der Waals surface area contributed by atoms with E-state index >= 15 is 0 Å². The van der Waals surface area contributed by atoms with Crippen LogP contribution in [-0.4, -0.2) is 28.7 Å². The molecule has 33 heavy (non-hydrogen) atoms. The summed E-state index contributed by atoms with van der Waals surface area (Å²) in [4.78, 5) is 14.0. The molecule has 3 heteroatoms. The van der Waals surface area contributed by atoms with E-state index in [1.54, 1.807) is 0 Å². The second-order valence-electron chi connectivity index (χ2n) is 13.6. The van der Waals surface area contributed by atoms with Crippen molar-refractivity contribution in [1.82, 2.24) is 0 Å². The summed E-state index contributed by atoms with van der Waals surface area (Å²) in [6, 6.07) is 0. The second-order valence-corrected chi connectivity index (χ2v) is 13.6. The van der Waals surface area contributed by atoms with Gasteiger partial charge in [-0.2, -0.15) is 0 Å². The average Bonchev–Trinajstić information content (AvgIpc) is 3.34. The second kappa shape index (κ2) is 8.77. The van der Waals surface area contributed by atoms with Gasteiger partial charge in [0.2, 0.25) is 0 Å². The number of Topliss-reactive ketones (excluding diaryl/α,β-unsaturated/α-hetero) is 1. The largest absolute Gasteiger partial charge is 0.396 e. The third-order valence-corrected chi connectivity index (χ3v) is 11.9. The Labute approximate surface area is 202 Å². The van der Waals surface area contributed by atoms with Crippen molar-refractivity contribution in [2.75, 3.05) is 6.61 Å². The summed E-state index contributed by atoms with van der Waals surface area (Å²) in [5, 5.41) is 20.3. The third kappa shape index (κ3) is 3.98. The first-order valence-corrected chi connectivity index (χ1v) is 13.9. The maximum absolute atomic E-state index is 14.0. The van der Waals surface area contributed by atoms with Crippen LogP contribution in [0.5, 0.6) is 0 Å². The summed E-state index contributed by atoms with van der Waals surface area (Å²) in [5.74, 6) is 4.30. The molecule has 3 fully saturated rings. The zero-order valence-electron chi connectivity index (χ0n) is 22.4. The Balaban J connectivity index is 1.57. The molecule has 0 aliphatic heterocycles. The van der Waals surface area contributed by atoms with Gasteiger partial charge in [0, 0.05) is 17.9 Å². The zero-order chi connectivity index (χ0) is 24.3. The standard InChI is InChI=1S/C30H50O3/c1-18(2)20(4)30(7)17-26(30)19(3)24-10-11-25(29(24,6)14-15-31)23-9-8-21-16-22(32)12-13-28(21,5)27(23)33/h8,18-20,22-26,31-32H,9-17H2,1-7H3/t19-,20+,22-,23?,24+,25?,26-,28-,29+,30-/m0/s1. The van der Waals surface area contributed by atoms with Crippen LogP contribution in [0.4, 0.5) is 0 Å². The molecule has 4 rings (SSSR count). The Morgan fingerprint density at radius 1 is 1.06 bits per heavy atom. The molecule has 0 heterocycles. The van der Waals surface area contributed by atoms with E-state index in [0.717, 1.165) is 43.9 Å². The molecule has 0 bridgehead atoms. The molecule has 0 radical (unpaired) electrons. The molecule has 4 aliphatic carbocycles. The van der Waals surface area contributed by atoms with Crippen molar-refractivity contribution in [2.45, 2.75) is 106 Å². The van der Waals surface area contributed by atoms with Gasteiger partial charge in [-0.05, 0) is 105 Å². The van der Waals surface area contributed by atoms with Gasteiger partial charge in [-0.1, -0.05) is 53.2 Å². The molecule has 0 aromatic heterocycles. The topological polar surface area (TPSA) is 57.5 Å². The summed E-state index contributed by atoms with van der Waals surface area (Å²) in [5.41, 5.74) is 1.27. The van der Waals surface area contributed by atoms with E-state index in [-0.39, 0.29) is 29.5 Å². The van der Waals surface area contributed by atoms with E-state index in [1.807, 2.05) is 0 Å². The number of ketones is 1. The van der Waals surface area contributed by atoms with Crippen molar-refractivity contribution < 1.29 is 15.0 Å². The molecule has 0 spiro atoms. The molecular weight excluding hydrogens is 408 g/mol. The van der Waals surface area contributed by atoms with Crippen LogP contribution in [-0.2, 0) is 4.79 Å². The summed E-state index contributed by atoms with van der Waals surface area (Å²) in [6.45, 7) is 16.9. The van der Waals surface area contributed by atoms with Gasteiger partial charge in [0.25, 0.3) is 0 Å². The highest BCUT2D eigenvalue weighted by Gasteiger charge is 2.62. The minimum atomic E-state index is -0.381. The number of carbonyl (C=O) groups excluding carboxylic acids is 1. The van der Waals surface area contributed by atoms with Gasteiger partial charge >= 0.3 is 0 Å². The van der Waals surface area contributed by atoms with E-state index in [1.165, 1.54) is 18.4 Å². The molecular formula is C30H50O3. The van der Waals surface area contributed by atoms with E-state index < -0.39 is 0 Å². The van der Waals surface area contributed by atoms with Gasteiger partial charge in [0.1, 0.15) is 5.78 Å². The summed E-state index contributed by atoms with van der Waals surface area (Å²) >= 11 is 0. The maximum atomic E-state index is 14.0. The molecule has 3 saturated carbocycles. The van der Waals surface area contributed by atoms with Crippen LogP contribution in [0.2, 0.25) is 0 Å². The molecule has 2 N–H and O–H groups in total. The van der Waals surface area contributed by atoms with Crippen LogP contribution in [0.3, 0.4) is 0 Å². The van der Waals surface area contributed by atoms with E-state index in [2.05, 4.69) is 54.5 Å². The monoisotopic (exact) mass is 458 g/mol. The average molecular weight is 459 g/mol. The summed E-state index contributed by atoms with van der Waals surface area (Å²) in [6.07, 6.45) is 9.50. The van der Waals surface area contributed by atoms with Crippen molar-refractivity contribution in [3.05, 3.63) is 11.6 Å². The fourth-order valence-electron chi connectivity index (χ4n) is 9.12. The first-order valence-electron chi connectivity index (χ1n) is 13.9. The summed E-state index contributed by atoms with van der Waals surface area (Å²) < 4.78 is 0. The molecule has 0 saturated heterocycles. The van der Waals surface area contributed by atoms with Crippen LogP contribution in [0, 0.1) is 57.7 Å². The number of hydrogen-bond donors (Lipinski definition) is 2. The fourth-order valence-corrected chi connectivity index (χ4v) is 9.12. The number of fused-ring (bicyclic) bond motifs is 1. The number of allylic oxidation sites excluding steroid dienone is 1. The minimum absolute atomic E-state index is 0.0228. The predicted octanol–water partition coefficient (Wildman–Crippen LogP) is 6.42. The SMILES string of the molecule is CC(C)[C@@H](C)[C@]1(C)C[C@H]1[C@@H](C)[C@H]1CCC(C2CC=C3C[C@@H](O)CC[C@]3(C)C2=O)[C@]1(C)CCO. The fraction of sp³-hybridized carbons (Fsp3) is 0.900. The predicted molar refractivity (Wildman–Crippen MR) is 135 cm³/mol. The van der Waals surface area contributed by atoms with E-state index in [9.17, 15) is 15.0 Å². The highest BCUT2D eigenvalue weighted by atomic mass is 16.3. The minimum Gasteiger partial charge on any atom is -0.396 e. The van der Waals surface area contributed by atoms with Crippen LogP contribution in [0.15, 0.2) is 11.6 Å². The lowest BCUT2D eigenvalue weighted by molar-refractivity contribution is -0.136. The van der Waals surface area contributed by atoms with Crippen molar-refractivity contribution >= 4 is 5.78 Å². The van der Waals surface area contributed by atoms with Crippen LogP contribution < -0.4 is 0 Å². The van der Waals surface area contributed by atoms with Gasteiger partial charge in [-0.3, -0.25) is 4.79 Å². The Hall–Kier alpha value is -0.670. The smallest absolute Gasteiger partial charge is 0.146 e. The Bertz CT molecular complexity index is 785. The van der Waals surface area contributed by atoms with Crippen molar-refractivity contribution in [3.63, 3.8) is 0 Å². The normalized spacial score (nSPS) is 47.3. The van der Waals surface area contributed by atoms with Crippen molar-refractivity contribution in [2.24, 2.45) is 57.7 Å². The molecule has 10 atom stereocenters. The zero-order valence-corrected chi connectivity index (χ0v) is 22.4. The number of carbonyl (C=O) groups is 1. The van der Waals surface area contributed by atoms with E-state index in [4.69, 9.17) is 0 Å². The number of hydrogen-bond acceptors (Lipinski definition) is 3. The van der Waals surface area contributed by atoms with Gasteiger partial charge in [-0.15, -0.1) is 0 Å². The number of aliphatic hydroxyl groups excluding tert-OH is 2. The molecule has 3 nitrogen and oxygen atoms in total. The van der Waals surface area contributed by atoms with Crippen molar-refractivity contribution in [1.29, 1.82) is 0 Å². The first-order chi connectivity index (χ1) is 15.4. The van der Waals surface area contributed by atoms with Gasteiger partial charge < -0.3 is 10.2 Å². The number of rotatable bonds is 7. The molecule has 0 amide bonds.